The summed E-state index contributed by atoms with van der Waals surface area (Å²) in [7, 11) is 0. The van der Waals surface area contributed by atoms with Crippen LogP contribution in [0.25, 0.3) is 0 Å². The van der Waals surface area contributed by atoms with Crippen LogP contribution in [0.1, 0.15) is 52.4 Å². The maximum atomic E-state index is 11.0. The van der Waals surface area contributed by atoms with Gasteiger partial charge in [0.1, 0.15) is 5.78 Å². The molecular weight excluding hydrogens is 178 g/mol. The number of amides is 1. The van der Waals surface area contributed by atoms with Gasteiger partial charge >= 0.3 is 0 Å². The zero-order valence-electron chi connectivity index (χ0n) is 9.27. The Labute approximate surface area is 86.3 Å². The van der Waals surface area contributed by atoms with E-state index in [0.29, 0.717) is 12.8 Å². The molecule has 14 heavy (non-hydrogen) atoms. The van der Waals surface area contributed by atoms with Gasteiger partial charge in [-0.3, -0.25) is 4.79 Å². The van der Waals surface area contributed by atoms with Crippen LogP contribution in [0.2, 0.25) is 0 Å². The van der Waals surface area contributed by atoms with Gasteiger partial charge in [-0.1, -0.05) is 13.3 Å². The van der Waals surface area contributed by atoms with Crippen molar-refractivity contribution in [2.75, 3.05) is 6.54 Å². The first-order valence-corrected chi connectivity index (χ1v) is 5.43. The molecular formula is C11H21NO2. The van der Waals surface area contributed by atoms with Crippen LogP contribution in [0.5, 0.6) is 0 Å². The van der Waals surface area contributed by atoms with Gasteiger partial charge in [0.25, 0.3) is 0 Å². The van der Waals surface area contributed by atoms with E-state index >= 15 is 0 Å². The van der Waals surface area contributed by atoms with E-state index in [-0.39, 0.29) is 11.7 Å². The van der Waals surface area contributed by atoms with Gasteiger partial charge in [-0.05, 0) is 26.2 Å². The molecule has 0 aliphatic rings. The molecule has 0 saturated carbocycles. The number of ketones is 1. The lowest BCUT2D eigenvalue weighted by molar-refractivity contribution is -0.121. The lowest BCUT2D eigenvalue weighted by Crippen LogP contribution is -2.23. The summed E-state index contributed by atoms with van der Waals surface area (Å²) in [5.74, 6) is 0.388. The van der Waals surface area contributed by atoms with Crippen LogP contribution in [0, 0.1) is 0 Å². The second kappa shape index (κ2) is 8.73. The highest BCUT2D eigenvalue weighted by Crippen LogP contribution is 1.99. The number of hydrogen-bond donors (Lipinski definition) is 1. The molecule has 3 heteroatoms. The molecule has 0 unspecified atom stereocenters. The van der Waals surface area contributed by atoms with E-state index in [1.54, 1.807) is 6.92 Å². The highest BCUT2D eigenvalue weighted by atomic mass is 16.1. The molecule has 1 amide bonds. The largest absolute Gasteiger partial charge is 0.356 e. The number of nitrogens with one attached hydrogen (secondary N) is 1. The molecule has 0 bridgehead atoms. The van der Waals surface area contributed by atoms with Crippen molar-refractivity contribution in [3.05, 3.63) is 0 Å². The topological polar surface area (TPSA) is 46.2 Å². The summed E-state index contributed by atoms with van der Waals surface area (Å²) in [6, 6.07) is 0. The average Bonchev–Trinajstić information content (AvgIpc) is 2.11. The Kier molecular flexibility index (Phi) is 8.19. The van der Waals surface area contributed by atoms with Crippen LogP contribution >= 0.6 is 0 Å². The predicted octanol–water partition coefficient (Wildman–Crippen LogP) is 2.05. The first-order chi connectivity index (χ1) is 6.66. The minimum atomic E-state index is 0.138. The summed E-state index contributed by atoms with van der Waals surface area (Å²) in [4.78, 5) is 21.6. The van der Waals surface area contributed by atoms with E-state index in [1.807, 2.05) is 6.92 Å². The molecule has 0 aromatic heterocycles. The van der Waals surface area contributed by atoms with Gasteiger partial charge in [-0.15, -0.1) is 0 Å². The summed E-state index contributed by atoms with van der Waals surface area (Å²) >= 11 is 0. The monoisotopic (exact) mass is 199 g/mol. The van der Waals surface area contributed by atoms with E-state index < -0.39 is 0 Å². The first kappa shape index (κ1) is 13.1. The number of rotatable bonds is 8. The van der Waals surface area contributed by atoms with Gasteiger partial charge in [0.2, 0.25) is 5.91 Å². The van der Waals surface area contributed by atoms with Crippen LogP contribution in [0.3, 0.4) is 0 Å². The molecule has 0 saturated heterocycles. The smallest absolute Gasteiger partial charge is 0.219 e. The SMILES string of the molecule is CCCC(=O)NCCCCCC(C)=O. The third-order valence-electron chi connectivity index (χ3n) is 2.00. The Morgan fingerprint density at radius 3 is 2.36 bits per heavy atom. The number of unbranched alkanes of at least 4 members (excludes halogenated alkanes) is 2. The fourth-order valence-corrected chi connectivity index (χ4v) is 1.22. The Morgan fingerprint density at radius 1 is 1.07 bits per heavy atom. The Bertz CT molecular complexity index is 178. The van der Waals surface area contributed by atoms with E-state index in [1.165, 1.54) is 0 Å². The van der Waals surface area contributed by atoms with Crippen molar-refractivity contribution in [2.45, 2.75) is 52.4 Å². The molecule has 3 nitrogen and oxygen atoms in total. The molecule has 0 fully saturated rings. The maximum absolute atomic E-state index is 11.0. The summed E-state index contributed by atoms with van der Waals surface area (Å²) in [6.07, 6.45) is 5.13. The molecule has 0 aliphatic carbocycles. The number of hydrogen-bond acceptors (Lipinski definition) is 2. The Balaban J connectivity index is 3.13. The minimum absolute atomic E-state index is 0.138. The molecule has 0 aromatic rings. The van der Waals surface area contributed by atoms with Crippen molar-refractivity contribution in [3.63, 3.8) is 0 Å². The van der Waals surface area contributed by atoms with Gasteiger partial charge in [0.05, 0.1) is 0 Å². The predicted molar refractivity (Wildman–Crippen MR) is 57.1 cm³/mol. The Morgan fingerprint density at radius 2 is 1.79 bits per heavy atom. The van der Waals surface area contributed by atoms with Crippen LogP contribution in [-0.2, 0) is 9.59 Å². The van der Waals surface area contributed by atoms with Gasteiger partial charge in [0.15, 0.2) is 0 Å². The molecule has 82 valence electrons. The zero-order valence-corrected chi connectivity index (χ0v) is 9.27. The second-order valence-corrected chi connectivity index (χ2v) is 3.61. The third kappa shape index (κ3) is 9.23. The molecule has 1 N–H and O–H groups in total. The van der Waals surface area contributed by atoms with E-state index in [9.17, 15) is 9.59 Å². The molecule has 0 radical (unpaired) electrons. The highest BCUT2D eigenvalue weighted by Gasteiger charge is 1.98. The average molecular weight is 199 g/mol. The van der Waals surface area contributed by atoms with Crippen LogP contribution in [0.15, 0.2) is 0 Å². The quantitative estimate of drug-likeness (QED) is 0.608. The van der Waals surface area contributed by atoms with E-state index in [0.717, 1.165) is 32.2 Å². The minimum Gasteiger partial charge on any atom is -0.356 e. The van der Waals surface area contributed by atoms with Crippen molar-refractivity contribution in [1.29, 1.82) is 0 Å². The fourth-order valence-electron chi connectivity index (χ4n) is 1.22. The van der Waals surface area contributed by atoms with Crippen molar-refractivity contribution < 1.29 is 9.59 Å². The van der Waals surface area contributed by atoms with Gasteiger partial charge in [-0.25, -0.2) is 0 Å². The lowest BCUT2D eigenvalue weighted by atomic mass is 10.1. The molecule has 0 aliphatic heterocycles. The lowest BCUT2D eigenvalue weighted by Gasteiger charge is -2.03. The number of Topliss-reactive ketones (excluding diaryl/α,β-unsaturated/α-hetero) is 1. The van der Waals surface area contributed by atoms with Crippen LogP contribution in [0.4, 0.5) is 0 Å². The molecule has 0 spiro atoms. The molecule has 0 aromatic carbocycles. The van der Waals surface area contributed by atoms with Gasteiger partial charge < -0.3 is 10.1 Å². The van der Waals surface area contributed by atoms with Gasteiger partial charge in [-0.2, -0.15) is 0 Å². The number of carbonyl (C=O) groups is 2. The van der Waals surface area contributed by atoms with Crippen LogP contribution in [-0.4, -0.2) is 18.2 Å². The van der Waals surface area contributed by atoms with Crippen molar-refractivity contribution >= 4 is 11.7 Å². The number of carbonyl (C=O) groups excluding carboxylic acids is 2. The van der Waals surface area contributed by atoms with Crippen molar-refractivity contribution in [2.24, 2.45) is 0 Å². The zero-order chi connectivity index (χ0) is 10.8. The summed E-state index contributed by atoms with van der Waals surface area (Å²) in [6.45, 7) is 4.35. The van der Waals surface area contributed by atoms with E-state index in [4.69, 9.17) is 0 Å². The van der Waals surface area contributed by atoms with Crippen molar-refractivity contribution in [3.8, 4) is 0 Å². The molecule has 0 atom stereocenters. The maximum Gasteiger partial charge on any atom is 0.219 e. The Hall–Kier alpha value is -0.860. The molecule has 0 heterocycles. The fraction of sp³-hybridized carbons (Fsp3) is 0.818. The summed E-state index contributed by atoms with van der Waals surface area (Å²) in [5.41, 5.74) is 0. The summed E-state index contributed by atoms with van der Waals surface area (Å²) in [5, 5.41) is 2.85. The highest BCUT2D eigenvalue weighted by molar-refractivity contribution is 5.75. The van der Waals surface area contributed by atoms with Gasteiger partial charge in [0, 0.05) is 19.4 Å². The van der Waals surface area contributed by atoms with Crippen molar-refractivity contribution in [1.82, 2.24) is 5.32 Å². The summed E-state index contributed by atoms with van der Waals surface area (Å²) < 4.78 is 0. The van der Waals surface area contributed by atoms with E-state index in [2.05, 4.69) is 5.32 Å². The van der Waals surface area contributed by atoms with Crippen LogP contribution < -0.4 is 5.32 Å². The standard InChI is InChI=1S/C11H21NO2/c1-3-7-11(14)12-9-6-4-5-8-10(2)13/h3-9H2,1-2H3,(H,12,14). The normalized spacial score (nSPS) is 9.86. The third-order valence-corrected chi connectivity index (χ3v) is 2.00. The first-order valence-electron chi connectivity index (χ1n) is 5.43. The second-order valence-electron chi connectivity index (χ2n) is 3.61. The molecule has 0 rings (SSSR count).